The van der Waals surface area contributed by atoms with E-state index in [-0.39, 0.29) is 31.0 Å². The number of benzene rings is 1. The Morgan fingerprint density at radius 1 is 1.14 bits per heavy atom. The molecule has 146 valence electrons. The van der Waals surface area contributed by atoms with Gasteiger partial charge in [0.25, 0.3) is 0 Å². The first kappa shape index (κ1) is 19.0. The van der Waals surface area contributed by atoms with Crippen molar-refractivity contribution in [2.24, 2.45) is 5.92 Å². The number of imidazole rings is 1. The lowest BCUT2D eigenvalue weighted by Gasteiger charge is -2.32. The van der Waals surface area contributed by atoms with E-state index in [1.807, 2.05) is 18.2 Å². The van der Waals surface area contributed by atoms with Crippen molar-refractivity contribution in [1.29, 1.82) is 5.26 Å². The zero-order valence-electron chi connectivity index (χ0n) is 15.8. The topological polar surface area (TPSA) is 73.3 Å². The molecule has 0 saturated heterocycles. The van der Waals surface area contributed by atoms with Crippen LogP contribution >= 0.6 is 12.4 Å². The summed E-state index contributed by atoms with van der Waals surface area (Å²) in [5.41, 5.74) is 5.88. The summed E-state index contributed by atoms with van der Waals surface area (Å²) >= 11 is 0. The third-order valence-corrected chi connectivity index (χ3v) is 6.39. The molecular weight excluding hydrogens is 372 g/mol. The number of halogens is 1. The summed E-state index contributed by atoms with van der Waals surface area (Å²) in [5, 5.41) is 23.5. The highest BCUT2D eigenvalue weighted by atomic mass is 35.5. The van der Waals surface area contributed by atoms with Crippen LogP contribution in [-0.4, -0.2) is 27.1 Å². The zero-order valence-corrected chi connectivity index (χ0v) is 16.6. The van der Waals surface area contributed by atoms with Crippen molar-refractivity contribution in [3.05, 3.63) is 41.0 Å². The number of anilines is 1. The standard InChI is InChI=1S/C22H24N4O.ClH/c23-12-17-15-7-5-8-16(15)21(24-18-9-2-1-6-14(18)13-27)26-20-11-4-3-10-19(20)25-22(17)26;/h3-4,10-11,14,18,24,27H,1-2,5-9,13H2;1H/t14-,18-;/m1./s1. The second kappa shape index (κ2) is 7.62. The van der Waals surface area contributed by atoms with E-state index in [0.29, 0.717) is 0 Å². The lowest BCUT2D eigenvalue weighted by molar-refractivity contribution is 0.178. The number of fused-ring (bicyclic) bond motifs is 4. The van der Waals surface area contributed by atoms with Crippen LogP contribution in [0.5, 0.6) is 0 Å². The Morgan fingerprint density at radius 2 is 1.93 bits per heavy atom. The van der Waals surface area contributed by atoms with Gasteiger partial charge in [0, 0.05) is 18.6 Å². The maximum absolute atomic E-state index is 9.86. The van der Waals surface area contributed by atoms with E-state index >= 15 is 0 Å². The van der Waals surface area contributed by atoms with Gasteiger partial charge >= 0.3 is 0 Å². The van der Waals surface area contributed by atoms with Gasteiger partial charge in [0.15, 0.2) is 5.65 Å². The van der Waals surface area contributed by atoms with Crippen molar-refractivity contribution in [2.75, 3.05) is 11.9 Å². The summed E-state index contributed by atoms with van der Waals surface area (Å²) in [5.74, 6) is 1.38. The van der Waals surface area contributed by atoms with Crippen LogP contribution in [0, 0.1) is 17.2 Å². The van der Waals surface area contributed by atoms with Crippen molar-refractivity contribution in [1.82, 2.24) is 9.38 Å². The summed E-state index contributed by atoms with van der Waals surface area (Å²) in [4.78, 5) is 4.81. The molecule has 1 saturated carbocycles. The fourth-order valence-corrected chi connectivity index (χ4v) is 5.03. The Kier molecular flexibility index (Phi) is 5.18. The van der Waals surface area contributed by atoms with E-state index < -0.39 is 0 Å². The van der Waals surface area contributed by atoms with E-state index in [1.54, 1.807) is 0 Å². The van der Waals surface area contributed by atoms with Gasteiger partial charge in [-0.25, -0.2) is 4.98 Å². The molecule has 1 fully saturated rings. The number of para-hydroxylation sites is 2. The van der Waals surface area contributed by atoms with Crippen LogP contribution in [0.1, 0.15) is 48.8 Å². The van der Waals surface area contributed by atoms with E-state index in [1.165, 1.54) is 24.0 Å². The van der Waals surface area contributed by atoms with E-state index in [9.17, 15) is 10.4 Å². The Labute approximate surface area is 170 Å². The molecule has 2 aliphatic carbocycles. The smallest absolute Gasteiger partial charge is 0.157 e. The molecule has 28 heavy (non-hydrogen) atoms. The molecule has 0 radical (unpaired) electrons. The quantitative estimate of drug-likeness (QED) is 0.694. The second-order valence-corrected chi connectivity index (χ2v) is 7.88. The van der Waals surface area contributed by atoms with Gasteiger partial charge in [-0.15, -0.1) is 12.4 Å². The molecule has 1 aromatic carbocycles. The van der Waals surface area contributed by atoms with Gasteiger partial charge in [-0.3, -0.25) is 4.40 Å². The molecule has 0 bridgehead atoms. The first-order valence-electron chi connectivity index (χ1n) is 10.0. The van der Waals surface area contributed by atoms with Crippen LogP contribution in [0.4, 0.5) is 5.82 Å². The average Bonchev–Trinajstić information content (AvgIpc) is 3.33. The first-order valence-corrected chi connectivity index (χ1v) is 10.0. The van der Waals surface area contributed by atoms with Crippen LogP contribution in [0.15, 0.2) is 24.3 Å². The Hall–Kier alpha value is -2.29. The molecule has 2 atom stereocenters. The number of nitrogens with one attached hydrogen (secondary N) is 1. The molecule has 0 unspecified atom stereocenters. The highest BCUT2D eigenvalue weighted by Crippen LogP contribution is 2.38. The van der Waals surface area contributed by atoms with Crippen LogP contribution in [0.3, 0.4) is 0 Å². The molecule has 2 heterocycles. The van der Waals surface area contributed by atoms with Gasteiger partial charge in [-0.2, -0.15) is 5.26 Å². The van der Waals surface area contributed by atoms with Gasteiger partial charge in [0.2, 0.25) is 0 Å². The van der Waals surface area contributed by atoms with Crippen LogP contribution in [0.2, 0.25) is 0 Å². The van der Waals surface area contributed by atoms with Crippen LogP contribution < -0.4 is 5.32 Å². The van der Waals surface area contributed by atoms with Gasteiger partial charge in [-0.1, -0.05) is 25.0 Å². The van der Waals surface area contributed by atoms with Crippen molar-refractivity contribution >= 4 is 34.9 Å². The molecule has 2 N–H and O–H groups in total. The minimum absolute atomic E-state index is 0. The van der Waals surface area contributed by atoms with Crippen molar-refractivity contribution < 1.29 is 5.11 Å². The van der Waals surface area contributed by atoms with Crippen molar-refractivity contribution in [2.45, 2.75) is 51.0 Å². The molecule has 0 spiro atoms. The SMILES string of the molecule is Cl.N#Cc1c2c(c(N[C@@H]3CCCC[C@@H]3CO)n3c1nc1ccccc13)CCC2. The largest absolute Gasteiger partial charge is 0.396 e. The molecule has 5 nitrogen and oxygen atoms in total. The number of rotatable bonds is 3. The van der Waals surface area contributed by atoms with Gasteiger partial charge in [-0.05, 0) is 55.4 Å². The lowest BCUT2D eigenvalue weighted by Crippen LogP contribution is -2.35. The van der Waals surface area contributed by atoms with Crippen molar-refractivity contribution in [3.8, 4) is 6.07 Å². The minimum atomic E-state index is 0. The lowest BCUT2D eigenvalue weighted by atomic mass is 9.85. The third kappa shape index (κ3) is 2.83. The molecular formula is C22H25ClN4O. The van der Waals surface area contributed by atoms with Gasteiger partial charge in [0.1, 0.15) is 11.9 Å². The number of hydrogen-bond acceptors (Lipinski definition) is 4. The molecule has 3 aromatic rings. The zero-order chi connectivity index (χ0) is 18.4. The van der Waals surface area contributed by atoms with E-state index in [2.05, 4.69) is 21.9 Å². The van der Waals surface area contributed by atoms with Crippen LogP contribution in [0.25, 0.3) is 16.7 Å². The summed E-state index contributed by atoms with van der Waals surface area (Å²) in [6, 6.07) is 10.8. The normalized spacial score (nSPS) is 21.3. The number of pyridine rings is 1. The average molecular weight is 397 g/mol. The molecule has 0 aliphatic heterocycles. The molecule has 0 amide bonds. The summed E-state index contributed by atoms with van der Waals surface area (Å²) < 4.78 is 2.15. The summed E-state index contributed by atoms with van der Waals surface area (Å²) in [6.45, 7) is 0.226. The second-order valence-electron chi connectivity index (χ2n) is 7.88. The number of nitriles is 1. The Balaban J connectivity index is 0.00000192. The van der Waals surface area contributed by atoms with Crippen LogP contribution in [-0.2, 0) is 12.8 Å². The number of nitrogens with zero attached hydrogens (tertiary/aromatic N) is 3. The van der Waals surface area contributed by atoms with Crippen molar-refractivity contribution in [3.63, 3.8) is 0 Å². The summed E-state index contributed by atoms with van der Waals surface area (Å²) in [6.07, 6.45) is 7.55. The van der Waals surface area contributed by atoms with Gasteiger partial charge < -0.3 is 10.4 Å². The predicted molar refractivity (Wildman–Crippen MR) is 113 cm³/mol. The highest BCUT2D eigenvalue weighted by Gasteiger charge is 2.30. The molecule has 5 rings (SSSR count). The minimum Gasteiger partial charge on any atom is -0.396 e. The third-order valence-electron chi connectivity index (χ3n) is 6.39. The molecule has 6 heteroatoms. The first-order chi connectivity index (χ1) is 13.3. The Morgan fingerprint density at radius 3 is 2.75 bits per heavy atom. The highest BCUT2D eigenvalue weighted by molar-refractivity contribution is 5.86. The van der Waals surface area contributed by atoms with Gasteiger partial charge in [0.05, 0.1) is 16.6 Å². The molecule has 2 aliphatic rings. The Bertz CT molecular complexity index is 1070. The number of hydrogen-bond donors (Lipinski definition) is 2. The maximum Gasteiger partial charge on any atom is 0.157 e. The summed E-state index contributed by atoms with van der Waals surface area (Å²) in [7, 11) is 0. The van der Waals surface area contributed by atoms with E-state index in [4.69, 9.17) is 4.98 Å². The maximum atomic E-state index is 9.86. The number of aliphatic hydroxyl groups is 1. The predicted octanol–water partition coefficient (Wildman–Crippen LogP) is 4.23. The molecule has 2 aromatic heterocycles. The fraction of sp³-hybridized carbons (Fsp3) is 0.455. The number of aromatic nitrogens is 2. The number of aliphatic hydroxyl groups excluding tert-OH is 1. The fourth-order valence-electron chi connectivity index (χ4n) is 5.03. The van der Waals surface area contributed by atoms with E-state index in [0.717, 1.165) is 60.2 Å². The monoisotopic (exact) mass is 396 g/mol.